The van der Waals surface area contributed by atoms with Gasteiger partial charge in [0.1, 0.15) is 0 Å². The van der Waals surface area contributed by atoms with E-state index in [1.807, 2.05) is 29.5 Å². The summed E-state index contributed by atoms with van der Waals surface area (Å²) in [5.74, 6) is 0.713. The van der Waals surface area contributed by atoms with E-state index in [0.29, 0.717) is 5.82 Å². The molecule has 56 heavy (non-hydrogen) atoms. The zero-order chi connectivity index (χ0) is 36.7. The molecule has 0 radical (unpaired) electrons. The predicted octanol–water partition coefficient (Wildman–Crippen LogP) is 14.3. The molecule has 0 N–H and O–H groups in total. The molecule has 0 atom stereocenters. The molecule has 0 unspecified atom stereocenters. The molecule has 3 nitrogen and oxygen atoms in total. The van der Waals surface area contributed by atoms with Crippen LogP contribution in [0, 0.1) is 0 Å². The van der Waals surface area contributed by atoms with Crippen LogP contribution in [0.2, 0.25) is 0 Å². The van der Waals surface area contributed by atoms with Crippen LogP contribution in [0.5, 0.6) is 0 Å². The zero-order valence-corrected chi connectivity index (χ0v) is 31.0. The number of fused-ring (bicyclic) bond motifs is 9. The molecular formula is C52H31N3S. The first kappa shape index (κ1) is 31.2. The van der Waals surface area contributed by atoms with Gasteiger partial charge in [-0.25, -0.2) is 9.97 Å². The van der Waals surface area contributed by atoms with Crippen molar-refractivity contribution in [1.29, 1.82) is 0 Å². The van der Waals surface area contributed by atoms with Crippen LogP contribution in [-0.4, -0.2) is 14.4 Å². The van der Waals surface area contributed by atoms with Crippen molar-refractivity contribution < 1.29 is 0 Å². The van der Waals surface area contributed by atoms with Gasteiger partial charge in [0.05, 0.1) is 27.9 Å². The van der Waals surface area contributed by atoms with Gasteiger partial charge >= 0.3 is 0 Å². The summed E-state index contributed by atoms with van der Waals surface area (Å²) in [6.45, 7) is 0. The first-order valence-electron chi connectivity index (χ1n) is 19.0. The van der Waals surface area contributed by atoms with E-state index in [4.69, 9.17) is 9.97 Å². The van der Waals surface area contributed by atoms with E-state index in [-0.39, 0.29) is 0 Å². The molecule has 0 bridgehead atoms. The second kappa shape index (κ2) is 12.2. The van der Waals surface area contributed by atoms with Crippen LogP contribution in [0.3, 0.4) is 0 Å². The number of rotatable bonds is 5. The number of hydrogen-bond acceptors (Lipinski definition) is 3. The van der Waals surface area contributed by atoms with Crippen molar-refractivity contribution in [3.63, 3.8) is 0 Å². The van der Waals surface area contributed by atoms with Crippen molar-refractivity contribution in [2.24, 2.45) is 0 Å². The summed E-state index contributed by atoms with van der Waals surface area (Å²) >= 11 is 1.85. The molecule has 0 saturated heterocycles. The Kier molecular flexibility index (Phi) is 6.80. The average Bonchev–Trinajstić information content (AvgIpc) is 3.93. The standard InChI is InChI=1S/C52H31N3S/c1-2-10-36(11-3-1)52-53-45(34-22-18-32(19-23-34)37-26-27-50-42(28-37)41-14-6-9-17-49(41)56-50)31-46(54-52)35-24-20-33(21-25-35)38-29-43-39-12-4-7-15-47(39)55-48-16-8-5-13-40(48)44(30-38)51(43)55/h1-31H. The van der Waals surface area contributed by atoms with Gasteiger partial charge in [-0.15, -0.1) is 11.3 Å². The number of aromatic nitrogens is 3. The molecule has 0 aliphatic heterocycles. The van der Waals surface area contributed by atoms with Crippen LogP contribution in [0.15, 0.2) is 188 Å². The molecule has 4 heteroatoms. The molecule has 260 valence electrons. The fourth-order valence-electron chi connectivity index (χ4n) is 8.65. The molecule has 0 aliphatic rings. The molecule has 0 amide bonds. The lowest BCUT2D eigenvalue weighted by Crippen LogP contribution is -1.96. The third-order valence-electron chi connectivity index (χ3n) is 11.4. The summed E-state index contributed by atoms with van der Waals surface area (Å²) in [4.78, 5) is 10.2. The van der Waals surface area contributed by atoms with Crippen LogP contribution >= 0.6 is 11.3 Å². The lowest BCUT2D eigenvalue weighted by Gasteiger charge is -2.11. The lowest BCUT2D eigenvalue weighted by molar-refractivity contribution is 1.18. The van der Waals surface area contributed by atoms with Crippen molar-refractivity contribution in [1.82, 2.24) is 14.4 Å². The lowest BCUT2D eigenvalue weighted by atomic mass is 9.97. The SMILES string of the molecule is c1ccc(-c2nc(-c3ccc(-c4ccc5sc6ccccc6c5c4)cc3)cc(-c3ccc(-c4cc5c6ccccc6n6c7ccccc7c(c4)c56)cc3)n2)cc1. The molecule has 4 aromatic heterocycles. The average molecular weight is 730 g/mol. The predicted molar refractivity (Wildman–Crippen MR) is 237 cm³/mol. The quantitative estimate of drug-likeness (QED) is 0.177. The van der Waals surface area contributed by atoms with Crippen molar-refractivity contribution in [3.8, 4) is 56.2 Å². The van der Waals surface area contributed by atoms with Crippen LogP contribution in [0.1, 0.15) is 0 Å². The minimum atomic E-state index is 0.713. The van der Waals surface area contributed by atoms with Crippen molar-refractivity contribution >= 4 is 69.6 Å². The highest BCUT2D eigenvalue weighted by molar-refractivity contribution is 7.25. The Bertz CT molecular complexity index is 3370. The monoisotopic (exact) mass is 729 g/mol. The maximum Gasteiger partial charge on any atom is 0.160 e. The van der Waals surface area contributed by atoms with E-state index in [1.54, 1.807) is 0 Å². The molecule has 12 rings (SSSR count). The Morgan fingerprint density at radius 1 is 0.321 bits per heavy atom. The van der Waals surface area contributed by atoms with Gasteiger partial charge in [-0.1, -0.05) is 140 Å². The van der Waals surface area contributed by atoms with Gasteiger partial charge in [-0.05, 0) is 70.8 Å². The number of para-hydroxylation sites is 2. The van der Waals surface area contributed by atoms with Gasteiger partial charge in [0.2, 0.25) is 0 Å². The van der Waals surface area contributed by atoms with Crippen LogP contribution in [0.4, 0.5) is 0 Å². The Morgan fingerprint density at radius 3 is 1.45 bits per heavy atom. The summed E-state index contributed by atoms with van der Waals surface area (Å²) in [7, 11) is 0. The highest BCUT2D eigenvalue weighted by Crippen LogP contribution is 2.42. The third kappa shape index (κ3) is 4.83. The Balaban J connectivity index is 0.936. The normalized spacial score (nSPS) is 11.9. The number of thiophene rings is 1. The fourth-order valence-corrected chi connectivity index (χ4v) is 9.73. The van der Waals surface area contributed by atoms with Crippen LogP contribution in [0.25, 0.3) is 114 Å². The van der Waals surface area contributed by atoms with Gasteiger partial charge < -0.3 is 4.40 Å². The maximum absolute atomic E-state index is 5.13. The summed E-state index contributed by atoms with van der Waals surface area (Å²) < 4.78 is 5.07. The van der Waals surface area contributed by atoms with Crippen LogP contribution < -0.4 is 0 Å². The molecule has 4 heterocycles. The van der Waals surface area contributed by atoms with Gasteiger partial charge in [0.25, 0.3) is 0 Å². The van der Waals surface area contributed by atoms with Gasteiger partial charge in [-0.3, -0.25) is 0 Å². The Hall–Kier alpha value is -7.14. The molecule has 0 saturated carbocycles. The molecular weight excluding hydrogens is 699 g/mol. The highest BCUT2D eigenvalue weighted by atomic mass is 32.1. The van der Waals surface area contributed by atoms with Gasteiger partial charge in [0.15, 0.2) is 5.82 Å². The molecule has 0 aliphatic carbocycles. The van der Waals surface area contributed by atoms with E-state index in [9.17, 15) is 0 Å². The zero-order valence-electron chi connectivity index (χ0n) is 30.1. The summed E-state index contributed by atoms with van der Waals surface area (Å²) in [5.41, 5.74) is 13.5. The van der Waals surface area contributed by atoms with E-state index < -0.39 is 0 Å². The van der Waals surface area contributed by atoms with E-state index in [2.05, 4.69) is 174 Å². The first-order chi connectivity index (χ1) is 27.7. The Labute approximate surface area is 326 Å². The maximum atomic E-state index is 5.13. The minimum Gasteiger partial charge on any atom is -0.308 e. The summed E-state index contributed by atoms with van der Waals surface area (Å²) in [6.07, 6.45) is 0. The first-order valence-corrected chi connectivity index (χ1v) is 19.8. The van der Waals surface area contributed by atoms with Gasteiger partial charge in [-0.2, -0.15) is 0 Å². The third-order valence-corrected chi connectivity index (χ3v) is 12.5. The smallest absolute Gasteiger partial charge is 0.160 e. The van der Waals surface area contributed by atoms with Crippen molar-refractivity contribution in [2.75, 3.05) is 0 Å². The fraction of sp³-hybridized carbons (Fsp3) is 0. The van der Waals surface area contributed by atoms with E-state index in [1.165, 1.54) is 80.5 Å². The second-order valence-electron chi connectivity index (χ2n) is 14.6. The second-order valence-corrected chi connectivity index (χ2v) is 15.7. The topological polar surface area (TPSA) is 30.2 Å². The van der Waals surface area contributed by atoms with Gasteiger partial charge in [0, 0.05) is 58.4 Å². The molecule has 0 fully saturated rings. The van der Waals surface area contributed by atoms with E-state index in [0.717, 1.165) is 28.1 Å². The van der Waals surface area contributed by atoms with Crippen molar-refractivity contribution in [3.05, 3.63) is 188 Å². The number of benzene rings is 8. The Morgan fingerprint density at radius 2 is 0.804 bits per heavy atom. The largest absolute Gasteiger partial charge is 0.308 e. The van der Waals surface area contributed by atoms with Crippen molar-refractivity contribution in [2.45, 2.75) is 0 Å². The van der Waals surface area contributed by atoms with Crippen LogP contribution in [-0.2, 0) is 0 Å². The molecule has 8 aromatic carbocycles. The minimum absolute atomic E-state index is 0.713. The molecule has 0 spiro atoms. The van der Waals surface area contributed by atoms with E-state index >= 15 is 0 Å². The summed E-state index contributed by atoms with van der Waals surface area (Å²) in [6, 6.07) is 67.7. The highest BCUT2D eigenvalue weighted by Gasteiger charge is 2.19. The summed E-state index contributed by atoms with van der Waals surface area (Å²) in [5, 5.41) is 7.76. The molecule has 12 aromatic rings. The number of hydrogen-bond donors (Lipinski definition) is 0. The number of nitrogens with zero attached hydrogens (tertiary/aromatic N) is 3.